The highest BCUT2D eigenvalue weighted by Gasteiger charge is 2.38. The van der Waals surface area contributed by atoms with Crippen LogP contribution in [0.4, 0.5) is 5.69 Å². The van der Waals surface area contributed by atoms with Crippen LogP contribution in [0.2, 0.25) is 0 Å². The predicted octanol–water partition coefficient (Wildman–Crippen LogP) is 2.23. The third kappa shape index (κ3) is 8.56. The van der Waals surface area contributed by atoms with E-state index >= 15 is 0 Å². The van der Waals surface area contributed by atoms with Gasteiger partial charge in [0.1, 0.15) is 17.2 Å². The normalized spacial score (nSPS) is 12.9. The summed E-state index contributed by atoms with van der Waals surface area (Å²) in [4.78, 5) is 47.1. The van der Waals surface area contributed by atoms with Crippen LogP contribution in [0.25, 0.3) is 0 Å². The van der Waals surface area contributed by atoms with Gasteiger partial charge in [0, 0.05) is 12.1 Å². The van der Waals surface area contributed by atoms with Crippen LogP contribution in [0.15, 0.2) is 24.3 Å². The van der Waals surface area contributed by atoms with E-state index in [0.717, 1.165) is 0 Å². The SMILES string of the molecule is CC(C)(C)OC(=O)C(N[C@@H](Cc1ccc([N+](=O)[O-])cc1)C(=O)O)C(=O)OC(C)(C)C. The second kappa shape index (κ2) is 9.66. The molecule has 1 atom stereocenters. The van der Waals surface area contributed by atoms with E-state index in [1.807, 2.05) is 0 Å². The van der Waals surface area contributed by atoms with Gasteiger partial charge in [0.2, 0.25) is 6.04 Å². The Hall–Kier alpha value is -3.01. The van der Waals surface area contributed by atoms with Gasteiger partial charge in [0.05, 0.1) is 4.92 Å². The molecule has 10 nitrogen and oxygen atoms in total. The first-order valence-electron chi connectivity index (χ1n) is 9.27. The van der Waals surface area contributed by atoms with E-state index in [-0.39, 0.29) is 12.1 Å². The van der Waals surface area contributed by atoms with Gasteiger partial charge in [-0.15, -0.1) is 0 Å². The lowest BCUT2D eigenvalue weighted by Gasteiger charge is -2.28. The number of benzene rings is 1. The Bertz CT molecular complexity index is 763. The molecular weight excluding hydrogens is 396 g/mol. The lowest BCUT2D eigenvalue weighted by atomic mass is 10.0. The number of nitrogens with zero attached hydrogens (tertiary/aromatic N) is 1. The lowest BCUT2D eigenvalue weighted by Crippen LogP contribution is -2.55. The van der Waals surface area contributed by atoms with Crippen molar-refractivity contribution in [3.63, 3.8) is 0 Å². The molecule has 0 unspecified atom stereocenters. The number of rotatable bonds is 8. The second-order valence-electron chi connectivity index (χ2n) is 8.69. The Morgan fingerprint density at radius 2 is 1.43 bits per heavy atom. The predicted molar refractivity (Wildman–Crippen MR) is 107 cm³/mol. The fourth-order valence-corrected chi connectivity index (χ4v) is 2.36. The molecule has 166 valence electrons. The van der Waals surface area contributed by atoms with E-state index < -0.39 is 46.1 Å². The smallest absolute Gasteiger partial charge is 0.335 e. The number of nitro benzene ring substituents is 1. The minimum Gasteiger partial charge on any atom is -0.480 e. The number of carbonyl (C=O) groups excluding carboxylic acids is 2. The number of nitro groups is 1. The summed E-state index contributed by atoms with van der Waals surface area (Å²) in [5, 5.41) is 22.8. The van der Waals surface area contributed by atoms with Crippen molar-refractivity contribution in [3.05, 3.63) is 39.9 Å². The highest BCUT2D eigenvalue weighted by Crippen LogP contribution is 2.16. The van der Waals surface area contributed by atoms with Crippen LogP contribution in [0.1, 0.15) is 47.1 Å². The fourth-order valence-electron chi connectivity index (χ4n) is 2.36. The monoisotopic (exact) mass is 424 g/mol. The number of ether oxygens (including phenoxy) is 2. The molecule has 0 aliphatic rings. The topological polar surface area (TPSA) is 145 Å². The van der Waals surface area contributed by atoms with Gasteiger partial charge >= 0.3 is 17.9 Å². The molecule has 0 fully saturated rings. The summed E-state index contributed by atoms with van der Waals surface area (Å²) in [6, 6.07) is 2.29. The van der Waals surface area contributed by atoms with Crippen molar-refractivity contribution in [1.82, 2.24) is 5.32 Å². The fraction of sp³-hybridized carbons (Fsp3) is 0.550. The highest BCUT2D eigenvalue weighted by molar-refractivity contribution is 6.00. The summed E-state index contributed by atoms with van der Waals surface area (Å²) >= 11 is 0. The zero-order valence-electron chi connectivity index (χ0n) is 17.9. The number of aliphatic carboxylic acids is 1. The molecule has 10 heteroatoms. The Morgan fingerprint density at radius 3 is 1.77 bits per heavy atom. The number of non-ortho nitro benzene ring substituents is 1. The van der Waals surface area contributed by atoms with Gasteiger partial charge in [-0.2, -0.15) is 0 Å². The molecule has 0 aliphatic heterocycles. The molecule has 0 radical (unpaired) electrons. The molecule has 30 heavy (non-hydrogen) atoms. The Kier molecular flexibility index (Phi) is 8.06. The first-order chi connectivity index (χ1) is 13.6. The molecule has 1 aromatic rings. The average molecular weight is 424 g/mol. The van der Waals surface area contributed by atoms with Gasteiger partial charge < -0.3 is 14.6 Å². The van der Waals surface area contributed by atoms with Crippen LogP contribution < -0.4 is 5.32 Å². The molecule has 0 amide bonds. The van der Waals surface area contributed by atoms with E-state index in [1.54, 1.807) is 41.5 Å². The zero-order chi connectivity index (χ0) is 23.3. The summed E-state index contributed by atoms with van der Waals surface area (Å²) in [5.41, 5.74) is -1.49. The molecule has 2 N–H and O–H groups in total. The molecular formula is C20H28N2O8. The third-order valence-electron chi connectivity index (χ3n) is 3.54. The van der Waals surface area contributed by atoms with Crippen LogP contribution >= 0.6 is 0 Å². The number of carboxylic acids is 1. The van der Waals surface area contributed by atoms with Gasteiger partial charge in [-0.1, -0.05) is 12.1 Å². The van der Waals surface area contributed by atoms with E-state index in [9.17, 15) is 29.6 Å². The summed E-state index contributed by atoms with van der Waals surface area (Å²) in [7, 11) is 0. The Morgan fingerprint density at radius 1 is 1.00 bits per heavy atom. The minimum atomic E-state index is -1.66. The highest BCUT2D eigenvalue weighted by atomic mass is 16.6. The van der Waals surface area contributed by atoms with Gasteiger partial charge in [-0.25, -0.2) is 9.59 Å². The van der Waals surface area contributed by atoms with Gasteiger partial charge in [-0.05, 0) is 53.5 Å². The van der Waals surface area contributed by atoms with E-state index in [0.29, 0.717) is 5.56 Å². The summed E-state index contributed by atoms with van der Waals surface area (Å²) < 4.78 is 10.5. The average Bonchev–Trinajstić information content (AvgIpc) is 2.55. The number of carboxylic acid groups (broad SMARTS) is 1. The molecule has 0 saturated heterocycles. The first-order valence-corrected chi connectivity index (χ1v) is 9.27. The van der Waals surface area contributed by atoms with E-state index in [2.05, 4.69) is 5.32 Å². The van der Waals surface area contributed by atoms with Crippen molar-refractivity contribution in [3.8, 4) is 0 Å². The minimum absolute atomic E-state index is 0.130. The first kappa shape index (κ1) is 25.0. The number of hydrogen-bond acceptors (Lipinski definition) is 8. The molecule has 1 rings (SSSR count). The lowest BCUT2D eigenvalue weighted by molar-refractivity contribution is -0.384. The van der Waals surface area contributed by atoms with Crippen molar-refractivity contribution in [1.29, 1.82) is 0 Å². The number of nitrogens with one attached hydrogen (secondary N) is 1. The molecule has 0 aromatic heterocycles. The maximum absolute atomic E-state index is 12.6. The molecule has 0 aliphatic carbocycles. The van der Waals surface area contributed by atoms with Crippen LogP contribution in [0.5, 0.6) is 0 Å². The van der Waals surface area contributed by atoms with Gasteiger partial charge in [0.25, 0.3) is 5.69 Å². The number of hydrogen-bond donors (Lipinski definition) is 2. The maximum atomic E-state index is 12.6. The molecule has 0 heterocycles. The van der Waals surface area contributed by atoms with E-state index in [4.69, 9.17) is 9.47 Å². The summed E-state index contributed by atoms with van der Waals surface area (Å²) in [5.74, 6) is -3.25. The Labute approximate surface area is 174 Å². The van der Waals surface area contributed by atoms with Crippen LogP contribution in [-0.4, -0.2) is 51.2 Å². The molecule has 0 spiro atoms. The second-order valence-corrected chi connectivity index (χ2v) is 8.69. The summed E-state index contributed by atoms with van der Waals surface area (Å²) in [6.07, 6.45) is -0.130. The largest absolute Gasteiger partial charge is 0.480 e. The van der Waals surface area contributed by atoms with Gasteiger partial charge in [0.15, 0.2) is 0 Å². The zero-order valence-corrected chi connectivity index (χ0v) is 17.9. The molecule has 0 saturated carbocycles. The number of carbonyl (C=O) groups is 3. The van der Waals surface area contributed by atoms with Crippen molar-refractivity contribution in [2.24, 2.45) is 0 Å². The Balaban J connectivity index is 3.10. The van der Waals surface area contributed by atoms with Crippen LogP contribution in [0.3, 0.4) is 0 Å². The van der Waals surface area contributed by atoms with Crippen molar-refractivity contribution >= 4 is 23.6 Å². The number of esters is 2. The van der Waals surface area contributed by atoms with Crippen molar-refractivity contribution < 1.29 is 33.9 Å². The molecule has 0 bridgehead atoms. The van der Waals surface area contributed by atoms with Gasteiger partial charge in [-0.3, -0.25) is 20.2 Å². The third-order valence-corrected chi connectivity index (χ3v) is 3.54. The maximum Gasteiger partial charge on any atom is 0.335 e. The quantitative estimate of drug-likeness (QED) is 0.278. The molecule has 1 aromatic carbocycles. The van der Waals surface area contributed by atoms with Crippen LogP contribution in [-0.2, 0) is 30.3 Å². The van der Waals surface area contributed by atoms with E-state index in [1.165, 1.54) is 24.3 Å². The van der Waals surface area contributed by atoms with Crippen molar-refractivity contribution in [2.45, 2.75) is 71.2 Å². The van der Waals surface area contributed by atoms with Crippen LogP contribution in [0, 0.1) is 10.1 Å². The standard InChI is InChI=1S/C20H28N2O8/c1-19(2,3)29-17(25)15(18(26)30-20(4,5)6)21-14(16(23)24)11-12-7-9-13(10-8-12)22(27)28/h7-10,14-15,21H,11H2,1-6H3,(H,23,24)/t14-/m0/s1. The van der Waals surface area contributed by atoms with Crippen molar-refractivity contribution in [2.75, 3.05) is 0 Å². The summed E-state index contributed by atoms with van der Waals surface area (Å²) in [6.45, 7) is 9.68.